The molecule has 5 heteroatoms. The van der Waals surface area contributed by atoms with Gasteiger partial charge in [0.15, 0.2) is 0 Å². The van der Waals surface area contributed by atoms with E-state index in [1.54, 1.807) is 6.92 Å². The molecule has 4 aliphatic carbocycles. The maximum Gasteiger partial charge on any atom is 0.302 e. The maximum atomic E-state index is 11.7. The molecular formula is C29H48Br2O3. The van der Waals surface area contributed by atoms with E-state index in [4.69, 9.17) is 4.74 Å². The van der Waals surface area contributed by atoms with Crippen molar-refractivity contribution in [3.63, 3.8) is 0 Å². The van der Waals surface area contributed by atoms with Gasteiger partial charge in [-0.25, -0.2) is 0 Å². The van der Waals surface area contributed by atoms with Gasteiger partial charge in [-0.3, -0.25) is 4.79 Å². The first-order valence-corrected chi connectivity index (χ1v) is 15.6. The second-order valence-corrected chi connectivity index (χ2v) is 16.3. The third-order valence-corrected chi connectivity index (χ3v) is 14.8. The molecule has 4 saturated carbocycles. The van der Waals surface area contributed by atoms with Crippen LogP contribution in [0.4, 0.5) is 0 Å². The molecule has 0 amide bonds. The van der Waals surface area contributed by atoms with Crippen LogP contribution in [-0.4, -0.2) is 31.9 Å². The Morgan fingerprint density at radius 2 is 1.85 bits per heavy atom. The van der Waals surface area contributed by atoms with E-state index in [2.05, 4.69) is 52.6 Å². The average Bonchev–Trinajstić information content (AvgIpc) is 3.06. The Balaban J connectivity index is 1.50. The molecule has 0 radical (unpaired) electrons. The largest absolute Gasteiger partial charge is 0.463 e. The minimum Gasteiger partial charge on any atom is -0.463 e. The average molecular weight is 605 g/mol. The molecule has 0 aromatic rings. The van der Waals surface area contributed by atoms with Crippen molar-refractivity contribution >= 4 is 37.8 Å². The van der Waals surface area contributed by atoms with E-state index in [1.165, 1.54) is 38.5 Å². The Kier molecular flexibility index (Phi) is 7.75. The molecule has 34 heavy (non-hydrogen) atoms. The Hall–Kier alpha value is 0.390. The standard InChI is InChI=1S/C29H48Br2O3/c1-18(8-7-13-26(3,4)33)22-9-10-23-21-16-25(30)29(31)17-20(34-19(2)32)11-15-28(29,6)24(21)12-14-27(22,23)5/h18,20-25,33H,7-17H2,1-6H3/t18-,20?,21+,22-,23+,24+,25?,27-,28-,29?/m1/s1. The lowest BCUT2D eigenvalue weighted by atomic mass is 9.44. The molecule has 0 heterocycles. The van der Waals surface area contributed by atoms with Crippen LogP contribution >= 0.6 is 31.9 Å². The van der Waals surface area contributed by atoms with Crippen molar-refractivity contribution in [2.75, 3.05) is 0 Å². The van der Waals surface area contributed by atoms with E-state index in [0.29, 0.717) is 10.2 Å². The zero-order valence-electron chi connectivity index (χ0n) is 22.3. The summed E-state index contributed by atoms with van der Waals surface area (Å²) in [7, 11) is 0. The number of esters is 1. The second-order valence-electron chi connectivity index (χ2n) is 13.7. The van der Waals surface area contributed by atoms with E-state index < -0.39 is 5.60 Å². The van der Waals surface area contributed by atoms with Crippen molar-refractivity contribution in [3.8, 4) is 0 Å². The number of ether oxygens (including phenoxy) is 1. The van der Waals surface area contributed by atoms with E-state index in [0.717, 1.165) is 61.7 Å². The van der Waals surface area contributed by atoms with Gasteiger partial charge in [0.05, 0.1) is 5.60 Å². The van der Waals surface area contributed by atoms with Gasteiger partial charge in [0, 0.05) is 22.5 Å². The topological polar surface area (TPSA) is 46.5 Å². The smallest absolute Gasteiger partial charge is 0.302 e. The van der Waals surface area contributed by atoms with Gasteiger partial charge < -0.3 is 9.84 Å². The number of fused-ring (bicyclic) bond motifs is 5. The summed E-state index contributed by atoms with van der Waals surface area (Å²) in [5.74, 6) is 3.78. The van der Waals surface area contributed by atoms with E-state index >= 15 is 0 Å². The number of carbonyl (C=O) groups is 1. The molecule has 0 saturated heterocycles. The molecule has 196 valence electrons. The summed E-state index contributed by atoms with van der Waals surface area (Å²) in [6.07, 6.45) is 13.1. The summed E-state index contributed by atoms with van der Waals surface area (Å²) in [4.78, 5) is 12.1. The van der Waals surface area contributed by atoms with Crippen molar-refractivity contribution in [1.82, 2.24) is 0 Å². The van der Waals surface area contributed by atoms with Crippen molar-refractivity contribution < 1.29 is 14.6 Å². The number of hydrogen-bond acceptors (Lipinski definition) is 3. The first-order chi connectivity index (χ1) is 15.7. The fraction of sp³-hybridized carbons (Fsp3) is 0.966. The number of carbonyl (C=O) groups excluding carboxylic acids is 1. The molecular weight excluding hydrogens is 556 g/mol. The summed E-state index contributed by atoms with van der Waals surface area (Å²) < 4.78 is 5.70. The number of halogens is 2. The van der Waals surface area contributed by atoms with Crippen LogP contribution < -0.4 is 0 Å². The van der Waals surface area contributed by atoms with Crippen LogP contribution in [0.25, 0.3) is 0 Å². The normalized spacial score (nSPS) is 47.3. The second kappa shape index (κ2) is 9.61. The molecule has 0 aromatic carbocycles. The molecule has 0 bridgehead atoms. The van der Waals surface area contributed by atoms with Crippen LogP contribution in [0, 0.1) is 40.4 Å². The monoisotopic (exact) mass is 602 g/mol. The Bertz CT molecular complexity index is 765. The zero-order chi connectivity index (χ0) is 25.1. The quantitative estimate of drug-likeness (QED) is 0.247. The summed E-state index contributed by atoms with van der Waals surface area (Å²) in [5, 5.41) is 10.2. The van der Waals surface area contributed by atoms with Crippen molar-refractivity contribution in [2.24, 2.45) is 40.4 Å². The molecule has 10 atom stereocenters. The number of aliphatic hydroxyl groups is 1. The summed E-state index contributed by atoms with van der Waals surface area (Å²) in [5.41, 5.74) is 0.150. The minimum absolute atomic E-state index is 0.00430. The lowest BCUT2D eigenvalue weighted by molar-refractivity contribution is -0.155. The van der Waals surface area contributed by atoms with Gasteiger partial charge in [-0.1, -0.05) is 65.5 Å². The van der Waals surface area contributed by atoms with Crippen molar-refractivity contribution in [1.29, 1.82) is 0 Å². The predicted octanol–water partition coefficient (Wildman–Crippen LogP) is 8.05. The van der Waals surface area contributed by atoms with Gasteiger partial charge in [0.1, 0.15) is 6.10 Å². The minimum atomic E-state index is -0.543. The first kappa shape index (κ1) is 27.4. The lowest BCUT2D eigenvalue weighted by Gasteiger charge is -2.66. The molecule has 1 N–H and O–H groups in total. The van der Waals surface area contributed by atoms with Crippen LogP contribution in [0.3, 0.4) is 0 Å². The summed E-state index contributed by atoms with van der Waals surface area (Å²) >= 11 is 8.47. The van der Waals surface area contributed by atoms with E-state index in [9.17, 15) is 9.90 Å². The lowest BCUT2D eigenvalue weighted by Crippen LogP contribution is -2.64. The fourth-order valence-electron chi connectivity index (χ4n) is 9.52. The molecule has 0 aliphatic heterocycles. The Morgan fingerprint density at radius 1 is 1.15 bits per heavy atom. The number of rotatable bonds is 6. The fourth-order valence-corrected chi connectivity index (χ4v) is 11.7. The zero-order valence-corrected chi connectivity index (χ0v) is 25.5. The highest BCUT2D eigenvalue weighted by atomic mass is 79.9. The highest BCUT2D eigenvalue weighted by molar-refractivity contribution is 9.12. The van der Waals surface area contributed by atoms with Gasteiger partial charge in [-0.05, 0) is 106 Å². The highest BCUT2D eigenvalue weighted by Crippen LogP contribution is 2.71. The third kappa shape index (κ3) is 4.70. The van der Waals surface area contributed by atoms with Gasteiger partial charge in [-0.2, -0.15) is 0 Å². The van der Waals surface area contributed by atoms with Crippen molar-refractivity contribution in [3.05, 3.63) is 0 Å². The van der Waals surface area contributed by atoms with Crippen LogP contribution in [0.1, 0.15) is 112 Å². The van der Waals surface area contributed by atoms with Gasteiger partial charge in [-0.15, -0.1) is 0 Å². The maximum absolute atomic E-state index is 11.7. The molecule has 0 aromatic heterocycles. The van der Waals surface area contributed by atoms with Crippen LogP contribution in [0.15, 0.2) is 0 Å². The summed E-state index contributed by atoms with van der Waals surface area (Å²) in [6.45, 7) is 13.1. The SMILES string of the molecule is CC(=O)OC1CC[C@]2(C)[C@H]3CC[C@]4(C)[C@@H]([C@H](C)CCCC(C)(C)O)CC[C@H]4[C@@H]3CC(Br)C2(Br)C1. The molecule has 4 fully saturated rings. The van der Waals surface area contributed by atoms with Gasteiger partial charge in [0.2, 0.25) is 0 Å². The van der Waals surface area contributed by atoms with Crippen LogP contribution in [0.2, 0.25) is 0 Å². The molecule has 3 nitrogen and oxygen atoms in total. The van der Waals surface area contributed by atoms with Crippen molar-refractivity contribution in [2.45, 2.75) is 133 Å². The Labute approximate surface area is 225 Å². The first-order valence-electron chi connectivity index (χ1n) is 13.9. The molecule has 4 rings (SSSR count). The van der Waals surface area contributed by atoms with Gasteiger partial charge >= 0.3 is 5.97 Å². The summed E-state index contributed by atoms with van der Waals surface area (Å²) in [6, 6.07) is 0. The molecule has 4 aliphatic rings. The van der Waals surface area contributed by atoms with Crippen LogP contribution in [-0.2, 0) is 9.53 Å². The predicted molar refractivity (Wildman–Crippen MR) is 146 cm³/mol. The van der Waals surface area contributed by atoms with Gasteiger partial charge in [0.25, 0.3) is 0 Å². The Morgan fingerprint density at radius 3 is 2.50 bits per heavy atom. The molecule has 3 unspecified atom stereocenters. The van der Waals surface area contributed by atoms with E-state index in [1.807, 2.05) is 13.8 Å². The molecule has 0 spiro atoms. The third-order valence-electron chi connectivity index (χ3n) is 11.2. The van der Waals surface area contributed by atoms with E-state index in [-0.39, 0.29) is 21.8 Å². The number of hydrogen-bond donors (Lipinski definition) is 1. The number of alkyl halides is 2. The van der Waals surface area contributed by atoms with Crippen LogP contribution in [0.5, 0.6) is 0 Å². The highest BCUT2D eigenvalue weighted by Gasteiger charge is 2.67.